The van der Waals surface area contributed by atoms with E-state index in [4.69, 9.17) is 0 Å². The van der Waals surface area contributed by atoms with Crippen LogP contribution >= 0.6 is 0 Å². The Labute approximate surface area is 100 Å². The Bertz CT molecular complexity index is 477. The molecule has 2 heterocycles. The summed E-state index contributed by atoms with van der Waals surface area (Å²) in [4.78, 5) is 17.1. The van der Waals surface area contributed by atoms with Crippen molar-refractivity contribution in [1.82, 2.24) is 24.5 Å². The van der Waals surface area contributed by atoms with Crippen LogP contribution in [-0.4, -0.2) is 31.0 Å². The molecule has 0 amide bonds. The number of nitrogens with one attached hydrogen (secondary N) is 1. The van der Waals surface area contributed by atoms with E-state index in [2.05, 4.69) is 39.1 Å². The van der Waals surface area contributed by atoms with Gasteiger partial charge < -0.3 is 5.32 Å². The number of nitrogens with zero attached hydrogens (tertiary/aromatic N) is 5. The predicted molar refractivity (Wildman–Crippen MR) is 65.2 cm³/mol. The van der Waals surface area contributed by atoms with Crippen LogP contribution in [0.5, 0.6) is 0 Å². The molecule has 90 valence electrons. The molecule has 2 aromatic heterocycles. The third-order valence-corrected chi connectivity index (χ3v) is 2.23. The molecule has 0 radical (unpaired) electrons. The van der Waals surface area contributed by atoms with E-state index in [1.807, 2.05) is 13.1 Å². The molecule has 0 saturated carbocycles. The minimum Gasteiger partial charge on any atom is -0.354 e. The maximum Gasteiger partial charge on any atom is 0.239 e. The van der Waals surface area contributed by atoms with E-state index < -0.39 is 0 Å². The largest absolute Gasteiger partial charge is 0.354 e. The monoisotopic (exact) mass is 232 g/mol. The average Bonchev–Trinajstić information content (AvgIpc) is 2.82. The Kier molecular flexibility index (Phi) is 3.32. The molecule has 0 aliphatic carbocycles. The third-order valence-electron chi connectivity index (χ3n) is 2.23. The summed E-state index contributed by atoms with van der Waals surface area (Å²) in [6.07, 6.45) is 5.19. The molecule has 0 bridgehead atoms. The number of rotatable bonds is 4. The van der Waals surface area contributed by atoms with Crippen LogP contribution in [0, 0.1) is 0 Å². The summed E-state index contributed by atoms with van der Waals surface area (Å²) in [6.45, 7) is 6.91. The van der Waals surface area contributed by atoms with E-state index in [0.29, 0.717) is 11.9 Å². The lowest BCUT2D eigenvalue weighted by molar-refractivity contribution is 0.742. The summed E-state index contributed by atoms with van der Waals surface area (Å²) in [7, 11) is 0. The van der Waals surface area contributed by atoms with Crippen molar-refractivity contribution in [3.8, 4) is 5.95 Å². The number of aromatic nitrogens is 5. The van der Waals surface area contributed by atoms with Gasteiger partial charge in [-0.1, -0.05) is 13.8 Å². The van der Waals surface area contributed by atoms with Gasteiger partial charge >= 0.3 is 0 Å². The zero-order chi connectivity index (χ0) is 12.3. The molecule has 0 aliphatic heterocycles. The summed E-state index contributed by atoms with van der Waals surface area (Å²) in [5.74, 6) is 2.24. The van der Waals surface area contributed by atoms with Gasteiger partial charge in [-0.3, -0.25) is 4.57 Å². The average molecular weight is 232 g/mol. The van der Waals surface area contributed by atoms with Gasteiger partial charge in [-0.2, -0.15) is 15.0 Å². The van der Waals surface area contributed by atoms with Crippen LogP contribution in [-0.2, 0) is 0 Å². The number of imidazole rings is 1. The first kappa shape index (κ1) is 11.5. The molecule has 0 atom stereocenters. The van der Waals surface area contributed by atoms with Crippen molar-refractivity contribution < 1.29 is 0 Å². The minimum absolute atomic E-state index is 0.262. The van der Waals surface area contributed by atoms with Crippen molar-refractivity contribution in [3.05, 3.63) is 24.5 Å². The van der Waals surface area contributed by atoms with Crippen LogP contribution in [0.1, 0.15) is 32.5 Å². The Balaban J connectivity index is 2.44. The third kappa shape index (κ3) is 2.58. The second-order valence-electron chi connectivity index (χ2n) is 3.97. The summed E-state index contributed by atoms with van der Waals surface area (Å²) in [5, 5.41) is 3.11. The quantitative estimate of drug-likeness (QED) is 0.867. The summed E-state index contributed by atoms with van der Waals surface area (Å²) < 4.78 is 1.77. The molecule has 0 fully saturated rings. The van der Waals surface area contributed by atoms with Gasteiger partial charge in [-0.05, 0) is 6.92 Å². The second kappa shape index (κ2) is 4.90. The van der Waals surface area contributed by atoms with E-state index in [-0.39, 0.29) is 5.92 Å². The smallest absolute Gasteiger partial charge is 0.239 e. The molecule has 0 aromatic carbocycles. The van der Waals surface area contributed by atoms with Crippen LogP contribution in [0.4, 0.5) is 5.95 Å². The number of hydrogen-bond donors (Lipinski definition) is 1. The predicted octanol–water partition coefficient (Wildman–Crippen LogP) is 1.61. The standard InChI is InChI=1S/C11H16N6/c1-4-13-10-14-9(8(2)3)15-11(16-10)17-6-5-12-7-17/h5-8H,4H2,1-3H3,(H,13,14,15,16). The molecule has 2 rings (SSSR count). The highest BCUT2D eigenvalue weighted by molar-refractivity contribution is 5.29. The highest BCUT2D eigenvalue weighted by atomic mass is 15.2. The van der Waals surface area contributed by atoms with E-state index >= 15 is 0 Å². The molecular formula is C11H16N6. The highest BCUT2D eigenvalue weighted by Crippen LogP contribution is 2.12. The molecule has 0 unspecified atom stereocenters. The lowest BCUT2D eigenvalue weighted by Crippen LogP contribution is -2.11. The van der Waals surface area contributed by atoms with Gasteiger partial charge in [0.25, 0.3) is 0 Å². The van der Waals surface area contributed by atoms with Crippen molar-refractivity contribution in [1.29, 1.82) is 0 Å². The van der Waals surface area contributed by atoms with Crippen LogP contribution in [0.25, 0.3) is 5.95 Å². The van der Waals surface area contributed by atoms with Gasteiger partial charge in [0, 0.05) is 24.9 Å². The Morgan fingerprint density at radius 1 is 1.29 bits per heavy atom. The zero-order valence-corrected chi connectivity index (χ0v) is 10.3. The van der Waals surface area contributed by atoms with E-state index in [1.165, 1.54) is 0 Å². The molecule has 0 saturated heterocycles. The Morgan fingerprint density at radius 3 is 2.71 bits per heavy atom. The molecule has 0 spiro atoms. The van der Waals surface area contributed by atoms with Crippen molar-refractivity contribution in [3.63, 3.8) is 0 Å². The highest BCUT2D eigenvalue weighted by Gasteiger charge is 2.10. The maximum atomic E-state index is 4.42. The van der Waals surface area contributed by atoms with Gasteiger partial charge in [0.05, 0.1) is 0 Å². The SMILES string of the molecule is CCNc1nc(C(C)C)nc(-n2ccnc2)n1. The topological polar surface area (TPSA) is 68.5 Å². The molecule has 6 heteroatoms. The first-order valence-corrected chi connectivity index (χ1v) is 5.69. The molecule has 17 heavy (non-hydrogen) atoms. The maximum absolute atomic E-state index is 4.42. The molecule has 1 N–H and O–H groups in total. The van der Waals surface area contributed by atoms with Crippen molar-refractivity contribution in [2.75, 3.05) is 11.9 Å². The normalized spacial score (nSPS) is 10.8. The van der Waals surface area contributed by atoms with Gasteiger partial charge in [0.15, 0.2) is 0 Å². The summed E-state index contributed by atoms with van der Waals surface area (Å²) in [5.41, 5.74) is 0. The van der Waals surface area contributed by atoms with E-state index in [1.54, 1.807) is 17.1 Å². The Hall–Kier alpha value is -1.98. The van der Waals surface area contributed by atoms with E-state index in [9.17, 15) is 0 Å². The zero-order valence-electron chi connectivity index (χ0n) is 10.3. The van der Waals surface area contributed by atoms with Crippen molar-refractivity contribution in [2.45, 2.75) is 26.7 Å². The fourth-order valence-electron chi connectivity index (χ4n) is 1.37. The number of hydrogen-bond acceptors (Lipinski definition) is 5. The molecule has 2 aromatic rings. The van der Waals surface area contributed by atoms with Crippen molar-refractivity contribution >= 4 is 5.95 Å². The fourth-order valence-corrected chi connectivity index (χ4v) is 1.37. The molecule has 6 nitrogen and oxygen atoms in total. The molecular weight excluding hydrogens is 216 g/mol. The lowest BCUT2D eigenvalue weighted by atomic mass is 10.2. The Morgan fingerprint density at radius 2 is 2.12 bits per heavy atom. The summed E-state index contributed by atoms with van der Waals surface area (Å²) >= 11 is 0. The van der Waals surface area contributed by atoms with Gasteiger partial charge in [-0.15, -0.1) is 0 Å². The first-order valence-electron chi connectivity index (χ1n) is 5.69. The van der Waals surface area contributed by atoms with Gasteiger partial charge in [-0.25, -0.2) is 4.98 Å². The lowest BCUT2D eigenvalue weighted by Gasteiger charge is -2.09. The van der Waals surface area contributed by atoms with E-state index in [0.717, 1.165) is 12.4 Å². The van der Waals surface area contributed by atoms with Crippen LogP contribution in [0.15, 0.2) is 18.7 Å². The minimum atomic E-state index is 0.262. The second-order valence-corrected chi connectivity index (χ2v) is 3.97. The van der Waals surface area contributed by atoms with Crippen LogP contribution < -0.4 is 5.32 Å². The van der Waals surface area contributed by atoms with Gasteiger partial charge in [0.1, 0.15) is 12.2 Å². The molecule has 0 aliphatic rings. The first-order chi connectivity index (χ1) is 8.20. The van der Waals surface area contributed by atoms with Crippen LogP contribution in [0.3, 0.4) is 0 Å². The fraction of sp³-hybridized carbons (Fsp3) is 0.455. The van der Waals surface area contributed by atoms with Crippen LogP contribution in [0.2, 0.25) is 0 Å². The van der Waals surface area contributed by atoms with Crippen molar-refractivity contribution in [2.24, 2.45) is 0 Å². The number of anilines is 1. The van der Waals surface area contributed by atoms with Gasteiger partial charge in [0.2, 0.25) is 11.9 Å². The summed E-state index contributed by atoms with van der Waals surface area (Å²) in [6, 6.07) is 0.